The van der Waals surface area contributed by atoms with Gasteiger partial charge in [0.05, 0.1) is 18.0 Å². The number of para-hydroxylation sites is 1. The zero-order valence-electron chi connectivity index (χ0n) is 17.6. The second-order valence-electron chi connectivity index (χ2n) is 7.53. The third kappa shape index (κ3) is 4.91. The first-order chi connectivity index (χ1) is 15.0. The Morgan fingerprint density at radius 3 is 2.58 bits per heavy atom. The number of hydrogen-bond donors (Lipinski definition) is 2. The Morgan fingerprint density at radius 1 is 1.03 bits per heavy atom. The molecule has 2 N–H and O–H groups in total. The first-order valence-electron chi connectivity index (χ1n) is 10.3. The van der Waals surface area contributed by atoms with Crippen LogP contribution in [0, 0.1) is 6.92 Å². The van der Waals surface area contributed by atoms with Crippen molar-refractivity contribution in [2.45, 2.75) is 31.7 Å². The summed E-state index contributed by atoms with van der Waals surface area (Å²) in [5.74, 6) is 0.483. The summed E-state index contributed by atoms with van der Waals surface area (Å²) in [6.45, 7) is 4.61. The maximum absolute atomic E-state index is 12.7. The number of anilines is 3. The molecule has 1 aliphatic rings. The van der Waals surface area contributed by atoms with Crippen LogP contribution in [0.5, 0.6) is 0 Å². The van der Waals surface area contributed by atoms with E-state index in [1.54, 1.807) is 4.90 Å². The molecule has 0 radical (unpaired) electrons. The van der Waals surface area contributed by atoms with Crippen LogP contribution in [-0.4, -0.2) is 17.7 Å². The van der Waals surface area contributed by atoms with Gasteiger partial charge in [-0.1, -0.05) is 55.0 Å². The molecule has 0 fully saturated rings. The van der Waals surface area contributed by atoms with Crippen LogP contribution >= 0.6 is 11.8 Å². The van der Waals surface area contributed by atoms with Crippen molar-refractivity contribution in [2.75, 3.05) is 21.3 Å². The fourth-order valence-electron chi connectivity index (χ4n) is 3.56. The number of amides is 3. The van der Waals surface area contributed by atoms with E-state index < -0.39 is 0 Å². The largest absolute Gasteiger partial charge is 0.323 e. The summed E-state index contributed by atoms with van der Waals surface area (Å²) in [7, 11) is 0. The average molecular weight is 432 g/mol. The SMILES string of the molecule is CCc1ccccc1NC(=O)Nc1ccc2c(c1)N(Cc1ccc(C)cc1)C(=O)CS2. The standard InChI is InChI=1S/C25H25N3O2S/c1-3-19-6-4-5-7-21(19)27-25(30)26-20-12-13-23-22(14-20)28(24(29)16-31-23)15-18-10-8-17(2)9-11-18/h4-14H,3,15-16H2,1-2H3,(H2,26,27,30). The first-order valence-corrected chi connectivity index (χ1v) is 11.3. The molecule has 0 aromatic heterocycles. The lowest BCUT2D eigenvalue weighted by atomic mass is 10.1. The van der Waals surface area contributed by atoms with Gasteiger partial charge in [0, 0.05) is 16.3 Å². The van der Waals surface area contributed by atoms with Gasteiger partial charge >= 0.3 is 6.03 Å². The van der Waals surface area contributed by atoms with Crippen LogP contribution in [0.25, 0.3) is 0 Å². The van der Waals surface area contributed by atoms with Crippen molar-refractivity contribution in [3.63, 3.8) is 0 Å². The van der Waals surface area contributed by atoms with Gasteiger partial charge in [-0.05, 0) is 48.7 Å². The molecule has 0 saturated heterocycles. The highest BCUT2D eigenvalue weighted by atomic mass is 32.2. The molecule has 0 atom stereocenters. The number of nitrogens with one attached hydrogen (secondary N) is 2. The van der Waals surface area contributed by atoms with E-state index in [9.17, 15) is 9.59 Å². The third-order valence-electron chi connectivity index (χ3n) is 5.27. The second kappa shape index (κ2) is 9.27. The third-order valence-corrected chi connectivity index (χ3v) is 6.32. The molecule has 5 nitrogen and oxygen atoms in total. The van der Waals surface area contributed by atoms with Crippen molar-refractivity contribution in [3.05, 3.63) is 83.4 Å². The zero-order chi connectivity index (χ0) is 21.8. The van der Waals surface area contributed by atoms with Gasteiger partial charge in [0.2, 0.25) is 5.91 Å². The Kier molecular flexibility index (Phi) is 6.28. The second-order valence-corrected chi connectivity index (χ2v) is 8.54. The number of carbonyl (C=O) groups is 2. The summed E-state index contributed by atoms with van der Waals surface area (Å²) in [4.78, 5) is 28.1. The van der Waals surface area contributed by atoms with Crippen LogP contribution < -0.4 is 15.5 Å². The molecule has 6 heteroatoms. The summed E-state index contributed by atoms with van der Waals surface area (Å²) in [6, 6.07) is 21.4. The number of nitrogens with zero attached hydrogens (tertiary/aromatic N) is 1. The van der Waals surface area contributed by atoms with E-state index in [0.29, 0.717) is 18.0 Å². The highest BCUT2D eigenvalue weighted by Crippen LogP contribution is 2.38. The molecule has 0 bridgehead atoms. The van der Waals surface area contributed by atoms with Gasteiger partial charge in [0.25, 0.3) is 0 Å². The summed E-state index contributed by atoms with van der Waals surface area (Å²) >= 11 is 1.53. The highest BCUT2D eigenvalue weighted by molar-refractivity contribution is 8.00. The van der Waals surface area contributed by atoms with E-state index in [4.69, 9.17) is 0 Å². The van der Waals surface area contributed by atoms with Gasteiger partial charge < -0.3 is 15.5 Å². The summed E-state index contributed by atoms with van der Waals surface area (Å²) < 4.78 is 0. The smallest absolute Gasteiger partial charge is 0.308 e. The lowest BCUT2D eigenvalue weighted by molar-refractivity contribution is -0.116. The normalized spacial score (nSPS) is 13.0. The molecular formula is C25H25N3O2S. The Hall–Kier alpha value is -3.25. The number of hydrogen-bond acceptors (Lipinski definition) is 3. The molecule has 3 aromatic carbocycles. The van der Waals surface area contributed by atoms with Crippen LogP contribution in [0.3, 0.4) is 0 Å². The molecule has 0 spiro atoms. The van der Waals surface area contributed by atoms with Crippen molar-refractivity contribution in [1.82, 2.24) is 0 Å². The van der Waals surface area contributed by atoms with Crippen LogP contribution in [0.15, 0.2) is 71.6 Å². The number of urea groups is 1. The molecule has 0 unspecified atom stereocenters. The van der Waals surface area contributed by atoms with Crippen molar-refractivity contribution in [2.24, 2.45) is 0 Å². The van der Waals surface area contributed by atoms with Gasteiger partial charge in [-0.15, -0.1) is 11.8 Å². The van der Waals surface area contributed by atoms with Crippen molar-refractivity contribution < 1.29 is 9.59 Å². The summed E-state index contributed by atoms with van der Waals surface area (Å²) in [6.07, 6.45) is 0.836. The van der Waals surface area contributed by atoms with Gasteiger partial charge in [-0.25, -0.2) is 4.79 Å². The molecule has 4 rings (SSSR count). The Bertz CT molecular complexity index is 1110. The number of thioether (sulfide) groups is 1. The Balaban J connectivity index is 1.53. The number of aryl methyl sites for hydroxylation is 2. The number of benzene rings is 3. The molecule has 0 aliphatic carbocycles. The quantitative estimate of drug-likeness (QED) is 0.533. The molecular weight excluding hydrogens is 406 g/mol. The summed E-state index contributed by atoms with van der Waals surface area (Å²) in [5, 5.41) is 5.82. The molecule has 31 heavy (non-hydrogen) atoms. The maximum atomic E-state index is 12.7. The number of fused-ring (bicyclic) bond motifs is 1. The minimum atomic E-state index is -0.305. The molecule has 158 valence electrons. The maximum Gasteiger partial charge on any atom is 0.323 e. The predicted octanol–water partition coefficient (Wildman–Crippen LogP) is 5.84. The molecule has 3 amide bonds. The predicted molar refractivity (Wildman–Crippen MR) is 128 cm³/mol. The monoisotopic (exact) mass is 431 g/mol. The van der Waals surface area contributed by atoms with Gasteiger partial charge in [-0.2, -0.15) is 0 Å². The van der Waals surface area contributed by atoms with Crippen molar-refractivity contribution in [1.29, 1.82) is 0 Å². The van der Waals surface area contributed by atoms with Gasteiger partial charge in [0.15, 0.2) is 0 Å². The fourth-order valence-corrected chi connectivity index (χ4v) is 4.48. The Labute approximate surface area is 186 Å². The van der Waals surface area contributed by atoms with Crippen molar-refractivity contribution in [3.8, 4) is 0 Å². The van der Waals surface area contributed by atoms with E-state index in [0.717, 1.165) is 33.8 Å². The minimum absolute atomic E-state index is 0.0662. The first kappa shape index (κ1) is 21.0. The molecule has 1 heterocycles. The van der Waals surface area contributed by atoms with E-state index in [1.807, 2.05) is 61.5 Å². The van der Waals surface area contributed by atoms with Crippen LogP contribution in [0.1, 0.15) is 23.6 Å². The van der Waals surface area contributed by atoms with Crippen molar-refractivity contribution >= 4 is 40.8 Å². The zero-order valence-corrected chi connectivity index (χ0v) is 18.5. The lowest BCUT2D eigenvalue weighted by Gasteiger charge is -2.29. The molecule has 0 saturated carbocycles. The highest BCUT2D eigenvalue weighted by Gasteiger charge is 2.25. The topological polar surface area (TPSA) is 61.4 Å². The van der Waals surface area contributed by atoms with Crippen LogP contribution in [0.4, 0.5) is 21.9 Å². The molecule has 1 aliphatic heterocycles. The van der Waals surface area contributed by atoms with Gasteiger partial charge in [0.1, 0.15) is 0 Å². The fraction of sp³-hybridized carbons (Fsp3) is 0.200. The molecule has 3 aromatic rings. The minimum Gasteiger partial charge on any atom is -0.308 e. The Morgan fingerprint density at radius 2 is 1.81 bits per heavy atom. The van der Waals surface area contributed by atoms with Gasteiger partial charge in [-0.3, -0.25) is 4.79 Å². The summed E-state index contributed by atoms with van der Waals surface area (Å²) in [5.41, 5.74) is 5.61. The lowest BCUT2D eigenvalue weighted by Crippen LogP contribution is -2.34. The van der Waals surface area contributed by atoms with Crippen LogP contribution in [-0.2, 0) is 17.8 Å². The van der Waals surface area contributed by atoms with E-state index >= 15 is 0 Å². The average Bonchev–Trinajstić information content (AvgIpc) is 2.77. The number of carbonyl (C=O) groups excluding carboxylic acids is 2. The van der Waals surface area contributed by atoms with E-state index in [1.165, 1.54) is 17.3 Å². The van der Waals surface area contributed by atoms with E-state index in [2.05, 4.69) is 29.7 Å². The number of rotatable bonds is 5. The van der Waals surface area contributed by atoms with E-state index in [-0.39, 0.29) is 11.9 Å². The van der Waals surface area contributed by atoms with Crippen LogP contribution in [0.2, 0.25) is 0 Å².